The van der Waals surface area contributed by atoms with Gasteiger partial charge in [0.25, 0.3) is 0 Å². The van der Waals surface area contributed by atoms with Crippen LogP contribution in [0.1, 0.15) is 19.8 Å². The van der Waals surface area contributed by atoms with Crippen molar-refractivity contribution >= 4 is 26.7 Å². The average Bonchev–Trinajstić information content (AvgIpc) is 3.06. The van der Waals surface area contributed by atoms with Crippen LogP contribution in [0.3, 0.4) is 0 Å². The molecular formula is C13H16N2OS. The van der Waals surface area contributed by atoms with E-state index >= 15 is 0 Å². The highest BCUT2D eigenvalue weighted by Gasteiger charge is 2.21. The first-order chi connectivity index (χ1) is 8.35. The lowest BCUT2D eigenvalue weighted by molar-refractivity contribution is 0.341. The summed E-state index contributed by atoms with van der Waals surface area (Å²) in [6.07, 6.45) is 2.73. The standard InChI is InChI=1S/C13H16N2OS/c1-2-16-10-5-6-11-12(7-10)17-13(15-11)14-8-9-3-4-9/h5-7,9H,2-4,8H2,1H3,(H,14,15). The molecule has 1 fully saturated rings. The van der Waals surface area contributed by atoms with E-state index in [-0.39, 0.29) is 0 Å². The molecule has 1 aliphatic carbocycles. The van der Waals surface area contributed by atoms with E-state index in [1.165, 1.54) is 17.5 Å². The molecule has 90 valence electrons. The largest absolute Gasteiger partial charge is 0.494 e. The Bertz CT molecular complexity index is 519. The van der Waals surface area contributed by atoms with Gasteiger partial charge in [0.05, 0.1) is 16.8 Å². The third-order valence-corrected chi connectivity index (χ3v) is 3.89. The van der Waals surface area contributed by atoms with E-state index in [0.29, 0.717) is 6.61 Å². The molecule has 0 saturated heterocycles. The Labute approximate surface area is 105 Å². The first-order valence-electron chi connectivity index (χ1n) is 6.12. The van der Waals surface area contributed by atoms with Crippen LogP contribution in [0.15, 0.2) is 18.2 Å². The topological polar surface area (TPSA) is 34.1 Å². The first-order valence-corrected chi connectivity index (χ1v) is 6.94. The maximum absolute atomic E-state index is 5.49. The van der Waals surface area contributed by atoms with Crippen LogP contribution in [0, 0.1) is 5.92 Å². The number of rotatable bonds is 5. The molecule has 0 bridgehead atoms. The zero-order valence-electron chi connectivity index (χ0n) is 9.90. The van der Waals surface area contributed by atoms with Crippen LogP contribution in [0.2, 0.25) is 0 Å². The number of thiazole rings is 1. The van der Waals surface area contributed by atoms with Gasteiger partial charge < -0.3 is 10.1 Å². The first kappa shape index (κ1) is 10.8. The molecule has 1 saturated carbocycles. The summed E-state index contributed by atoms with van der Waals surface area (Å²) in [5.74, 6) is 1.80. The summed E-state index contributed by atoms with van der Waals surface area (Å²) < 4.78 is 6.68. The maximum Gasteiger partial charge on any atom is 0.183 e. The number of fused-ring (bicyclic) bond motifs is 1. The number of hydrogen-bond acceptors (Lipinski definition) is 4. The number of ether oxygens (including phenoxy) is 1. The van der Waals surface area contributed by atoms with Gasteiger partial charge in [0, 0.05) is 6.54 Å². The molecular weight excluding hydrogens is 232 g/mol. The van der Waals surface area contributed by atoms with Crippen molar-refractivity contribution in [2.45, 2.75) is 19.8 Å². The van der Waals surface area contributed by atoms with Crippen LogP contribution < -0.4 is 10.1 Å². The van der Waals surface area contributed by atoms with Crippen LogP contribution in [-0.4, -0.2) is 18.1 Å². The SMILES string of the molecule is CCOc1ccc2nc(NCC3CC3)sc2c1. The number of benzene rings is 1. The quantitative estimate of drug-likeness (QED) is 0.879. The van der Waals surface area contributed by atoms with Gasteiger partial charge in [-0.05, 0) is 43.9 Å². The molecule has 1 aliphatic rings. The Balaban J connectivity index is 1.78. The lowest BCUT2D eigenvalue weighted by atomic mass is 10.3. The van der Waals surface area contributed by atoms with Gasteiger partial charge in [0.2, 0.25) is 0 Å². The Morgan fingerprint density at radius 1 is 1.47 bits per heavy atom. The molecule has 1 aromatic carbocycles. The Kier molecular flexibility index (Phi) is 2.89. The lowest BCUT2D eigenvalue weighted by Gasteiger charge is -2.00. The summed E-state index contributed by atoms with van der Waals surface area (Å²) >= 11 is 1.70. The van der Waals surface area contributed by atoms with Crippen molar-refractivity contribution in [1.29, 1.82) is 0 Å². The molecule has 1 aromatic heterocycles. The number of nitrogens with one attached hydrogen (secondary N) is 1. The van der Waals surface area contributed by atoms with Gasteiger partial charge in [-0.25, -0.2) is 4.98 Å². The van der Waals surface area contributed by atoms with E-state index < -0.39 is 0 Å². The summed E-state index contributed by atoms with van der Waals surface area (Å²) in [5, 5.41) is 4.44. The molecule has 3 rings (SSSR count). The van der Waals surface area contributed by atoms with Crippen molar-refractivity contribution in [1.82, 2.24) is 4.98 Å². The maximum atomic E-state index is 5.49. The third-order valence-electron chi connectivity index (χ3n) is 2.91. The molecule has 0 aliphatic heterocycles. The Hall–Kier alpha value is -1.29. The van der Waals surface area contributed by atoms with Crippen molar-refractivity contribution in [2.24, 2.45) is 5.92 Å². The van der Waals surface area contributed by atoms with E-state index in [4.69, 9.17) is 4.74 Å². The fraction of sp³-hybridized carbons (Fsp3) is 0.462. The van der Waals surface area contributed by atoms with Gasteiger partial charge in [-0.15, -0.1) is 0 Å². The van der Waals surface area contributed by atoms with Gasteiger partial charge in [-0.1, -0.05) is 11.3 Å². The molecule has 0 radical (unpaired) electrons. The van der Waals surface area contributed by atoms with Crippen molar-refractivity contribution in [3.63, 3.8) is 0 Å². The zero-order valence-corrected chi connectivity index (χ0v) is 10.7. The number of nitrogens with zero attached hydrogens (tertiary/aromatic N) is 1. The van der Waals surface area contributed by atoms with E-state index in [9.17, 15) is 0 Å². The van der Waals surface area contributed by atoms with E-state index in [1.54, 1.807) is 11.3 Å². The molecule has 1 N–H and O–H groups in total. The van der Waals surface area contributed by atoms with E-state index in [2.05, 4.69) is 16.4 Å². The van der Waals surface area contributed by atoms with Gasteiger partial charge in [-0.3, -0.25) is 0 Å². The van der Waals surface area contributed by atoms with Crippen molar-refractivity contribution < 1.29 is 4.74 Å². The number of aromatic nitrogens is 1. The predicted octanol–water partition coefficient (Wildman–Crippen LogP) is 3.52. The van der Waals surface area contributed by atoms with Crippen molar-refractivity contribution in [2.75, 3.05) is 18.5 Å². The highest BCUT2D eigenvalue weighted by Crippen LogP contribution is 2.32. The summed E-state index contributed by atoms with van der Waals surface area (Å²) in [5.41, 5.74) is 1.05. The Morgan fingerprint density at radius 3 is 3.12 bits per heavy atom. The van der Waals surface area contributed by atoms with Crippen molar-refractivity contribution in [3.05, 3.63) is 18.2 Å². The van der Waals surface area contributed by atoms with Crippen LogP contribution >= 0.6 is 11.3 Å². The van der Waals surface area contributed by atoms with Crippen LogP contribution in [0.5, 0.6) is 5.75 Å². The molecule has 1 heterocycles. The second kappa shape index (κ2) is 4.53. The molecule has 3 nitrogen and oxygen atoms in total. The molecule has 4 heteroatoms. The summed E-state index contributed by atoms with van der Waals surface area (Å²) in [6.45, 7) is 3.77. The minimum atomic E-state index is 0.705. The highest BCUT2D eigenvalue weighted by atomic mass is 32.1. The summed E-state index contributed by atoms with van der Waals surface area (Å²) in [6, 6.07) is 6.08. The molecule has 0 atom stereocenters. The lowest BCUT2D eigenvalue weighted by Crippen LogP contribution is -2.01. The van der Waals surface area contributed by atoms with Gasteiger partial charge in [0.1, 0.15) is 5.75 Å². The van der Waals surface area contributed by atoms with E-state index in [1.807, 2.05) is 19.1 Å². The molecule has 0 amide bonds. The summed E-state index contributed by atoms with van der Waals surface area (Å²) in [4.78, 5) is 4.57. The second-order valence-corrected chi connectivity index (χ2v) is 5.44. The van der Waals surface area contributed by atoms with Crippen LogP contribution in [0.25, 0.3) is 10.2 Å². The molecule has 0 spiro atoms. The highest BCUT2D eigenvalue weighted by molar-refractivity contribution is 7.22. The number of hydrogen-bond donors (Lipinski definition) is 1. The minimum absolute atomic E-state index is 0.705. The van der Waals surface area contributed by atoms with Crippen LogP contribution in [0.4, 0.5) is 5.13 Å². The smallest absolute Gasteiger partial charge is 0.183 e. The molecule has 2 aromatic rings. The van der Waals surface area contributed by atoms with Gasteiger partial charge in [0.15, 0.2) is 5.13 Å². The molecule has 0 unspecified atom stereocenters. The predicted molar refractivity (Wildman–Crippen MR) is 72.0 cm³/mol. The number of anilines is 1. The Morgan fingerprint density at radius 2 is 2.35 bits per heavy atom. The second-order valence-electron chi connectivity index (χ2n) is 4.41. The normalized spacial score (nSPS) is 15.1. The van der Waals surface area contributed by atoms with Gasteiger partial charge in [-0.2, -0.15) is 0 Å². The summed E-state index contributed by atoms with van der Waals surface area (Å²) in [7, 11) is 0. The third kappa shape index (κ3) is 2.52. The van der Waals surface area contributed by atoms with Gasteiger partial charge >= 0.3 is 0 Å². The fourth-order valence-corrected chi connectivity index (χ4v) is 2.69. The van der Waals surface area contributed by atoms with E-state index in [0.717, 1.165) is 28.9 Å². The monoisotopic (exact) mass is 248 g/mol. The zero-order chi connectivity index (χ0) is 11.7. The fourth-order valence-electron chi connectivity index (χ4n) is 1.79. The van der Waals surface area contributed by atoms with Crippen molar-refractivity contribution in [3.8, 4) is 5.75 Å². The molecule has 17 heavy (non-hydrogen) atoms. The average molecular weight is 248 g/mol. The van der Waals surface area contributed by atoms with Crippen LogP contribution in [-0.2, 0) is 0 Å². The minimum Gasteiger partial charge on any atom is -0.494 e.